The Morgan fingerprint density at radius 2 is 1.76 bits per heavy atom. The number of Topliss-reactive ketones (excluding diaryl/α,β-unsaturated/α-hetero) is 1. The maximum absolute atomic E-state index is 13.5. The largest absolute Gasteiger partial charge is 0.507 e. The van der Waals surface area contributed by atoms with Crippen molar-refractivity contribution >= 4 is 39.9 Å². The van der Waals surface area contributed by atoms with Crippen molar-refractivity contribution in [1.82, 2.24) is 4.98 Å². The van der Waals surface area contributed by atoms with Gasteiger partial charge in [-0.2, -0.15) is 0 Å². The zero-order valence-electron chi connectivity index (χ0n) is 23.6. The number of aliphatic hydroxyl groups excluding tert-OH is 1. The molecule has 1 aromatic heterocycles. The number of carbonyl (C=O) groups excluding carboxylic acids is 3. The van der Waals surface area contributed by atoms with Crippen molar-refractivity contribution in [1.29, 1.82) is 0 Å². The molecule has 1 amide bonds. The first-order valence-corrected chi connectivity index (χ1v) is 14.0. The number of rotatable bonds is 11. The highest BCUT2D eigenvalue weighted by atomic mass is 32.1. The van der Waals surface area contributed by atoms with Crippen LogP contribution in [0.25, 0.3) is 5.76 Å². The number of hydrogen-bond acceptors (Lipinski definition) is 10. The summed E-state index contributed by atoms with van der Waals surface area (Å²) in [5, 5.41) is 11.6. The third-order valence-electron chi connectivity index (χ3n) is 6.51. The molecule has 216 valence electrons. The number of thiazole rings is 1. The summed E-state index contributed by atoms with van der Waals surface area (Å²) in [4.78, 5) is 45.4. The van der Waals surface area contributed by atoms with Crippen molar-refractivity contribution in [2.75, 3.05) is 32.3 Å². The lowest BCUT2D eigenvalue weighted by molar-refractivity contribution is -0.132. The number of aromatic nitrogens is 1. The molecule has 1 unspecified atom stereocenters. The van der Waals surface area contributed by atoms with Gasteiger partial charge in [-0.15, -0.1) is 0 Å². The van der Waals surface area contributed by atoms with E-state index in [1.807, 2.05) is 0 Å². The lowest BCUT2D eigenvalue weighted by atomic mass is 9.95. The van der Waals surface area contributed by atoms with E-state index in [0.29, 0.717) is 40.7 Å². The second-order valence-electron chi connectivity index (χ2n) is 9.14. The smallest absolute Gasteiger partial charge is 0.350 e. The van der Waals surface area contributed by atoms with Crippen LogP contribution in [0.15, 0.2) is 48.0 Å². The second-order valence-corrected chi connectivity index (χ2v) is 10.1. The number of ketones is 1. The van der Waals surface area contributed by atoms with Crippen molar-refractivity contribution in [3.8, 4) is 17.2 Å². The van der Waals surface area contributed by atoms with Gasteiger partial charge >= 0.3 is 11.9 Å². The van der Waals surface area contributed by atoms with Crippen molar-refractivity contribution < 1.29 is 38.4 Å². The highest BCUT2D eigenvalue weighted by Gasteiger charge is 2.48. The summed E-state index contributed by atoms with van der Waals surface area (Å²) >= 11 is 0.938. The molecule has 11 heteroatoms. The zero-order chi connectivity index (χ0) is 29.7. The van der Waals surface area contributed by atoms with Crippen LogP contribution >= 0.6 is 11.3 Å². The van der Waals surface area contributed by atoms with Crippen LogP contribution in [0.1, 0.15) is 59.2 Å². The Bertz CT molecular complexity index is 1480. The van der Waals surface area contributed by atoms with Crippen LogP contribution in [0.5, 0.6) is 17.2 Å². The number of nitrogens with zero attached hydrogens (tertiary/aromatic N) is 2. The number of unbranched alkanes of at least 4 members (excludes halogenated alkanes) is 1. The topological polar surface area (TPSA) is 124 Å². The number of hydrogen-bond donors (Lipinski definition) is 1. The molecule has 10 nitrogen and oxygen atoms in total. The lowest BCUT2D eigenvalue weighted by Crippen LogP contribution is -2.29. The van der Waals surface area contributed by atoms with Crippen LogP contribution in [0.4, 0.5) is 5.13 Å². The number of esters is 1. The molecule has 0 bridgehead atoms. The Labute approximate surface area is 242 Å². The number of methoxy groups -OCH3 is 2. The van der Waals surface area contributed by atoms with Crippen molar-refractivity contribution in [2.24, 2.45) is 0 Å². The van der Waals surface area contributed by atoms with Crippen molar-refractivity contribution in [3.05, 3.63) is 69.7 Å². The summed E-state index contributed by atoms with van der Waals surface area (Å²) in [5.74, 6) is -1.28. The average molecular weight is 581 g/mol. The lowest BCUT2D eigenvalue weighted by Gasteiger charge is -2.23. The van der Waals surface area contributed by atoms with Gasteiger partial charge in [-0.25, -0.2) is 9.78 Å². The summed E-state index contributed by atoms with van der Waals surface area (Å²) in [5.41, 5.74) is 1.02. The number of aryl methyl sites for hydroxylation is 1. The highest BCUT2D eigenvalue weighted by Crippen LogP contribution is 2.45. The molecule has 41 heavy (non-hydrogen) atoms. The maximum atomic E-state index is 13.5. The van der Waals surface area contributed by atoms with Gasteiger partial charge in [0, 0.05) is 5.56 Å². The molecule has 0 saturated carbocycles. The molecule has 0 aliphatic carbocycles. The Hall–Kier alpha value is -4.38. The predicted octanol–water partition coefficient (Wildman–Crippen LogP) is 5.45. The molecule has 4 rings (SSSR count). The number of ether oxygens (including phenoxy) is 4. The Balaban J connectivity index is 1.86. The summed E-state index contributed by atoms with van der Waals surface area (Å²) in [7, 11) is 2.97. The standard InChI is InChI=1S/C30H32N2O8S/c1-6-8-15-40-20-12-9-18(10-13-20)25(33)23-24(19-11-14-21(37-4)22(16-19)38-5)32(28(35)26(23)34)30-31-17(3)27(41-30)29(36)39-7-2/h9-14,16,24,33H,6-8,15H2,1-5H3/b25-23-. The van der Waals surface area contributed by atoms with E-state index in [1.165, 1.54) is 19.1 Å². The fourth-order valence-corrected chi connectivity index (χ4v) is 5.43. The first-order chi connectivity index (χ1) is 19.7. The summed E-state index contributed by atoms with van der Waals surface area (Å²) < 4.78 is 21.7. The van der Waals surface area contributed by atoms with Crippen molar-refractivity contribution in [3.63, 3.8) is 0 Å². The van der Waals surface area contributed by atoms with Gasteiger partial charge in [0.05, 0.1) is 44.7 Å². The van der Waals surface area contributed by atoms with Gasteiger partial charge < -0.3 is 24.1 Å². The van der Waals surface area contributed by atoms with Gasteiger partial charge in [0.15, 0.2) is 16.6 Å². The molecule has 1 aliphatic rings. The normalized spacial score (nSPS) is 16.1. The molecule has 3 aromatic rings. The highest BCUT2D eigenvalue weighted by molar-refractivity contribution is 7.17. The molecule has 1 N–H and O–H groups in total. The van der Waals surface area contributed by atoms with Crippen LogP contribution in [0.2, 0.25) is 0 Å². The molecule has 1 saturated heterocycles. The molecule has 2 heterocycles. The first-order valence-electron chi connectivity index (χ1n) is 13.2. The number of aliphatic hydroxyl groups is 1. The molecular weight excluding hydrogens is 548 g/mol. The van der Waals surface area contributed by atoms with E-state index in [0.717, 1.165) is 24.2 Å². The van der Waals surface area contributed by atoms with Crippen LogP contribution < -0.4 is 19.1 Å². The van der Waals surface area contributed by atoms with Crippen LogP contribution in [0, 0.1) is 6.92 Å². The molecule has 1 fully saturated rings. The van der Waals surface area contributed by atoms with Crippen molar-refractivity contribution in [2.45, 2.75) is 39.7 Å². The number of amides is 1. The van der Waals surface area contributed by atoms with Gasteiger partial charge in [0.1, 0.15) is 16.4 Å². The Morgan fingerprint density at radius 3 is 2.39 bits per heavy atom. The minimum Gasteiger partial charge on any atom is -0.507 e. The average Bonchev–Trinajstić information content (AvgIpc) is 3.49. The van der Waals surface area contributed by atoms with E-state index in [2.05, 4.69) is 11.9 Å². The van der Waals surface area contributed by atoms with Crippen LogP contribution in [-0.2, 0) is 14.3 Å². The minimum atomic E-state index is -1.07. The summed E-state index contributed by atoms with van der Waals surface area (Å²) in [6, 6.07) is 10.5. The van der Waals surface area contributed by atoms with E-state index < -0.39 is 23.7 Å². The molecule has 1 aliphatic heterocycles. The van der Waals surface area contributed by atoms with E-state index in [-0.39, 0.29) is 27.9 Å². The van der Waals surface area contributed by atoms with Gasteiger partial charge in [0.25, 0.3) is 5.78 Å². The molecule has 0 radical (unpaired) electrons. The van der Waals surface area contributed by atoms with E-state index in [9.17, 15) is 19.5 Å². The summed E-state index contributed by atoms with van der Waals surface area (Å²) in [6.07, 6.45) is 1.90. The summed E-state index contributed by atoms with van der Waals surface area (Å²) in [6.45, 7) is 6.11. The zero-order valence-corrected chi connectivity index (χ0v) is 24.4. The number of anilines is 1. The van der Waals surface area contributed by atoms with E-state index >= 15 is 0 Å². The predicted molar refractivity (Wildman–Crippen MR) is 154 cm³/mol. The van der Waals surface area contributed by atoms with E-state index in [4.69, 9.17) is 18.9 Å². The molecule has 2 aromatic carbocycles. The second kappa shape index (κ2) is 12.9. The number of benzene rings is 2. The monoisotopic (exact) mass is 580 g/mol. The quantitative estimate of drug-likeness (QED) is 0.104. The fraction of sp³-hybridized carbons (Fsp3) is 0.333. The minimum absolute atomic E-state index is 0.117. The van der Waals surface area contributed by atoms with Gasteiger partial charge in [-0.3, -0.25) is 14.5 Å². The van der Waals surface area contributed by atoms with Gasteiger partial charge in [-0.05, 0) is 62.2 Å². The fourth-order valence-electron chi connectivity index (χ4n) is 4.44. The van der Waals surface area contributed by atoms with E-state index in [1.54, 1.807) is 56.3 Å². The third-order valence-corrected chi connectivity index (χ3v) is 7.65. The van der Waals surface area contributed by atoms with Gasteiger partial charge in [-0.1, -0.05) is 30.7 Å². The van der Waals surface area contributed by atoms with Gasteiger partial charge in [0.2, 0.25) is 0 Å². The molecular formula is C30H32N2O8S. The SMILES string of the molecule is CCCCOc1ccc(/C(O)=C2/C(=O)C(=O)N(c3nc(C)c(C(=O)OCC)s3)C2c2ccc(OC)c(OC)c2)cc1. The van der Waals surface area contributed by atoms with Crippen LogP contribution in [0.3, 0.4) is 0 Å². The Morgan fingerprint density at radius 1 is 1.05 bits per heavy atom. The Kier molecular flexibility index (Phi) is 9.28. The third kappa shape index (κ3) is 5.90. The molecule has 1 atom stereocenters. The van der Waals surface area contributed by atoms with Crippen LogP contribution in [-0.4, -0.2) is 55.2 Å². The molecule has 0 spiro atoms. The first kappa shape index (κ1) is 29.6. The maximum Gasteiger partial charge on any atom is 0.350 e. The number of carbonyl (C=O) groups is 3.